The average molecular weight is 547 g/mol. The molecule has 1 aromatic rings. The Morgan fingerprint density at radius 3 is 2.23 bits per heavy atom. The van der Waals surface area contributed by atoms with E-state index in [0.29, 0.717) is 25.1 Å². The number of rotatable bonds is 10. The molecular weight excluding hydrogens is 513 g/mol. The van der Waals surface area contributed by atoms with Crippen LogP contribution >= 0.6 is 22.6 Å². The first-order valence-electron chi connectivity index (χ1n) is 10.3. The lowest BCUT2D eigenvalue weighted by atomic mass is 10.1. The summed E-state index contributed by atoms with van der Waals surface area (Å²) in [7, 11) is 0. The second kappa shape index (κ2) is 12.8. The van der Waals surface area contributed by atoms with E-state index >= 15 is 0 Å². The van der Waals surface area contributed by atoms with E-state index in [1.54, 1.807) is 45.0 Å². The third-order valence-corrected chi connectivity index (χ3v) is 6.21. The molecule has 0 aromatic heterocycles. The van der Waals surface area contributed by atoms with Crippen molar-refractivity contribution in [1.82, 2.24) is 10.6 Å². The Bertz CT molecular complexity index is 732. The van der Waals surface area contributed by atoms with Crippen molar-refractivity contribution >= 4 is 46.2 Å². The van der Waals surface area contributed by atoms with Crippen LogP contribution in [0.3, 0.4) is 0 Å². The molecule has 0 bridgehead atoms. The van der Waals surface area contributed by atoms with E-state index in [4.69, 9.17) is 9.84 Å². The van der Waals surface area contributed by atoms with Crippen LogP contribution in [0.4, 0.5) is 10.5 Å². The fourth-order valence-electron chi connectivity index (χ4n) is 2.56. The Kier molecular flexibility index (Phi) is 11.3. The SMILES string of the molecule is CC(C)[C@H](I)C(=O)N[C@@H](CCCNC(=O)OC(C)(C)C)C(=O)Nc1ccc(CO)cc1. The number of hydrogen-bond donors (Lipinski definition) is 4. The fourth-order valence-corrected chi connectivity index (χ4v) is 2.74. The van der Waals surface area contributed by atoms with Gasteiger partial charge in [0.05, 0.1) is 10.5 Å². The molecule has 0 unspecified atom stereocenters. The molecule has 4 N–H and O–H groups in total. The molecule has 3 amide bonds. The first-order chi connectivity index (χ1) is 14.4. The Hall–Kier alpha value is -1.88. The van der Waals surface area contributed by atoms with Crippen molar-refractivity contribution < 1.29 is 24.2 Å². The van der Waals surface area contributed by atoms with E-state index in [9.17, 15) is 14.4 Å². The molecular formula is C22H34IN3O5. The van der Waals surface area contributed by atoms with Crippen molar-refractivity contribution in [2.75, 3.05) is 11.9 Å². The highest BCUT2D eigenvalue weighted by Gasteiger charge is 2.26. The van der Waals surface area contributed by atoms with Gasteiger partial charge in [-0.15, -0.1) is 0 Å². The number of carbonyl (C=O) groups is 3. The summed E-state index contributed by atoms with van der Waals surface area (Å²) >= 11 is 2.07. The third-order valence-electron chi connectivity index (χ3n) is 4.21. The van der Waals surface area contributed by atoms with Crippen molar-refractivity contribution in [2.45, 2.75) is 69.6 Å². The molecule has 31 heavy (non-hydrogen) atoms. The minimum absolute atomic E-state index is 0.0796. The number of amides is 3. The number of alkyl halides is 1. The van der Waals surface area contributed by atoms with Gasteiger partial charge in [-0.1, -0.05) is 48.6 Å². The Morgan fingerprint density at radius 2 is 1.71 bits per heavy atom. The number of ether oxygens (including phenoxy) is 1. The van der Waals surface area contributed by atoms with E-state index in [1.165, 1.54) is 0 Å². The highest BCUT2D eigenvalue weighted by atomic mass is 127. The molecule has 174 valence electrons. The summed E-state index contributed by atoms with van der Waals surface area (Å²) in [4.78, 5) is 37.1. The van der Waals surface area contributed by atoms with Gasteiger partial charge in [-0.2, -0.15) is 0 Å². The number of nitrogens with one attached hydrogen (secondary N) is 3. The summed E-state index contributed by atoms with van der Waals surface area (Å²) in [6, 6.07) is 6.08. The quantitative estimate of drug-likeness (QED) is 0.204. The lowest BCUT2D eigenvalue weighted by Gasteiger charge is -2.22. The third kappa shape index (κ3) is 10.8. The lowest BCUT2D eigenvalue weighted by Crippen LogP contribution is -2.47. The van der Waals surface area contributed by atoms with Crippen LogP contribution in [0.2, 0.25) is 0 Å². The zero-order valence-corrected chi connectivity index (χ0v) is 21.0. The standard InChI is InChI=1S/C22H34IN3O5/c1-14(2)18(23)20(29)26-17(7-6-12-24-21(30)31-22(3,4)5)19(28)25-16-10-8-15(13-27)9-11-16/h8-11,14,17-18,27H,6-7,12-13H2,1-5H3,(H,24,30)(H,25,28)(H,26,29)/t17-,18-/m0/s1. The maximum absolute atomic E-state index is 12.8. The number of aliphatic hydroxyl groups excluding tert-OH is 1. The van der Waals surface area contributed by atoms with Gasteiger partial charge in [0.1, 0.15) is 11.6 Å². The smallest absolute Gasteiger partial charge is 0.407 e. The molecule has 2 atom stereocenters. The van der Waals surface area contributed by atoms with E-state index in [-0.39, 0.29) is 28.3 Å². The average Bonchev–Trinajstić information content (AvgIpc) is 2.68. The number of benzene rings is 1. The van der Waals surface area contributed by atoms with Gasteiger partial charge in [0.25, 0.3) is 0 Å². The molecule has 9 heteroatoms. The highest BCUT2D eigenvalue weighted by molar-refractivity contribution is 14.1. The van der Waals surface area contributed by atoms with Crippen LogP contribution in [0, 0.1) is 5.92 Å². The number of anilines is 1. The van der Waals surface area contributed by atoms with Crippen molar-refractivity contribution in [2.24, 2.45) is 5.92 Å². The van der Waals surface area contributed by atoms with Gasteiger partial charge in [-0.25, -0.2) is 4.79 Å². The van der Waals surface area contributed by atoms with E-state index in [1.807, 2.05) is 13.8 Å². The minimum Gasteiger partial charge on any atom is -0.444 e. The van der Waals surface area contributed by atoms with Crippen molar-refractivity contribution in [3.05, 3.63) is 29.8 Å². The summed E-state index contributed by atoms with van der Waals surface area (Å²) in [6.45, 7) is 9.47. The summed E-state index contributed by atoms with van der Waals surface area (Å²) in [5.41, 5.74) is 0.724. The highest BCUT2D eigenvalue weighted by Crippen LogP contribution is 2.15. The van der Waals surface area contributed by atoms with Crippen LogP contribution in [0.5, 0.6) is 0 Å². The van der Waals surface area contributed by atoms with Crippen LogP contribution in [0.1, 0.15) is 53.0 Å². The normalized spacial score (nSPS) is 13.3. The topological polar surface area (TPSA) is 117 Å². The van der Waals surface area contributed by atoms with Crippen LogP contribution in [0.15, 0.2) is 24.3 Å². The number of aliphatic hydroxyl groups is 1. The van der Waals surface area contributed by atoms with Crippen molar-refractivity contribution in [1.29, 1.82) is 0 Å². The Labute approximate surface area is 198 Å². The summed E-state index contributed by atoms with van der Waals surface area (Å²) in [6.07, 6.45) is 0.312. The molecule has 0 saturated carbocycles. The van der Waals surface area contributed by atoms with Gasteiger partial charge in [0.2, 0.25) is 11.8 Å². The first kappa shape index (κ1) is 27.2. The van der Waals surface area contributed by atoms with Crippen molar-refractivity contribution in [3.63, 3.8) is 0 Å². The molecule has 0 spiro atoms. The fraction of sp³-hybridized carbons (Fsp3) is 0.591. The van der Waals surface area contributed by atoms with Crippen LogP contribution < -0.4 is 16.0 Å². The minimum atomic E-state index is -0.749. The van der Waals surface area contributed by atoms with Gasteiger partial charge in [0.15, 0.2) is 0 Å². The monoisotopic (exact) mass is 547 g/mol. The number of carbonyl (C=O) groups excluding carboxylic acids is 3. The summed E-state index contributed by atoms with van der Waals surface area (Å²) < 4.78 is 4.93. The number of alkyl carbamates (subject to hydrolysis) is 1. The van der Waals surface area contributed by atoms with E-state index in [0.717, 1.165) is 5.56 Å². The molecule has 1 aromatic carbocycles. The second-order valence-corrected chi connectivity index (χ2v) is 9.96. The van der Waals surface area contributed by atoms with Gasteiger partial charge < -0.3 is 25.8 Å². The van der Waals surface area contributed by atoms with Gasteiger partial charge >= 0.3 is 6.09 Å². The first-order valence-corrected chi connectivity index (χ1v) is 11.6. The molecule has 0 saturated heterocycles. The second-order valence-electron chi connectivity index (χ2n) is 8.62. The molecule has 0 heterocycles. The molecule has 1 rings (SSSR count). The zero-order chi connectivity index (χ0) is 23.6. The molecule has 8 nitrogen and oxygen atoms in total. The zero-order valence-electron chi connectivity index (χ0n) is 18.8. The summed E-state index contributed by atoms with van der Waals surface area (Å²) in [5, 5.41) is 17.4. The predicted octanol–water partition coefficient (Wildman–Crippen LogP) is 3.37. The molecule has 0 radical (unpaired) electrons. The van der Waals surface area contributed by atoms with Gasteiger partial charge in [-0.3, -0.25) is 9.59 Å². The maximum Gasteiger partial charge on any atom is 0.407 e. The largest absolute Gasteiger partial charge is 0.444 e. The molecule has 0 fully saturated rings. The van der Waals surface area contributed by atoms with Crippen LogP contribution in [0.25, 0.3) is 0 Å². The summed E-state index contributed by atoms with van der Waals surface area (Å²) in [5.74, 6) is -0.412. The van der Waals surface area contributed by atoms with Gasteiger partial charge in [0, 0.05) is 12.2 Å². The Balaban J connectivity index is 2.72. The molecule has 0 aliphatic rings. The molecule has 0 aliphatic carbocycles. The van der Waals surface area contributed by atoms with Crippen molar-refractivity contribution in [3.8, 4) is 0 Å². The van der Waals surface area contributed by atoms with Crippen LogP contribution in [-0.4, -0.2) is 45.1 Å². The van der Waals surface area contributed by atoms with Crippen LogP contribution in [-0.2, 0) is 20.9 Å². The predicted molar refractivity (Wildman–Crippen MR) is 129 cm³/mol. The maximum atomic E-state index is 12.8. The van der Waals surface area contributed by atoms with Gasteiger partial charge in [-0.05, 0) is 57.2 Å². The van der Waals surface area contributed by atoms with E-state index < -0.39 is 17.7 Å². The lowest BCUT2D eigenvalue weighted by molar-refractivity contribution is -0.126. The Morgan fingerprint density at radius 1 is 1.10 bits per heavy atom. The molecule has 0 aliphatic heterocycles. The van der Waals surface area contributed by atoms with E-state index in [2.05, 4.69) is 38.5 Å². The number of hydrogen-bond acceptors (Lipinski definition) is 5. The number of halogens is 1.